The van der Waals surface area contributed by atoms with Crippen molar-refractivity contribution in [3.63, 3.8) is 0 Å². The third kappa shape index (κ3) is 3.66. The quantitative estimate of drug-likeness (QED) is 0.557. The molecule has 1 aliphatic carbocycles. The molecule has 0 heterocycles. The van der Waals surface area contributed by atoms with Crippen molar-refractivity contribution in [2.45, 2.75) is 30.7 Å². The number of amides is 2. The average molecular weight is 374 g/mol. The molecule has 0 aliphatic heterocycles. The van der Waals surface area contributed by atoms with E-state index in [0.29, 0.717) is 0 Å². The van der Waals surface area contributed by atoms with Gasteiger partial charge in [0.2, 0.25) is 10.0 Å². The minimum Gasteiger partial charge on any atom is -0.504 e. The monoisotopic (exact) mass is 373 g/mol. The Morgan fingerprint density at radius 1 is 1.38 bits per heavy atom. The van der Waals surface area contributed by atoms with E-state index in [1.807, 2.05) is 13.0 Å². The molecule has 0 bridgehead atoms. The summed E-state index contributed by atoms with van der Waals surface area (Å²) < 4.78 is 25.5. The van der Waals surface area contributed by atoms with E-state index in [4.69, 9.17) is 11.6 Å². The van der Waals surface area contributed by atoms with E-state index in [2.05, 4.69) is 10.6 Å². The topological polar surface area (TPSA) is 98.7 Å². The first-order valence-electron chi connectivity index (χ1n) is 7.32. The van der Waals surface area contributed by atoms with Crippen molar-refractivity contribution in [2.24, 2.45) is 0 Å². The van der Waals surface area contributed by atoms with Crippen molar-refractivity contribution in [1.82, 2.24) is 9.62 Å². The van der Waals surface area contributed by atoms with Crippen LogP contribution in [0.2, 0.25) is 5.02 Å². The van der Waals surface area contributed by atoms with Gasteiger partial charge in [-0.1, -0.05) is 23.3 Å². The molecule has 0 saturated carbocycles. The molecule has 0 saturated heterocycles. The minimum atomic E-state index is -3.96. The first kappa shape index (κ1) is 18.6. The highest BCUT2D eigenvalue weighted by molar-refractivity contribution is 7.89. The van der Waals surface area contributed by atoms with Crippen molar-refractivity contribution in [3.05, 3.63) is 28.8 Å². The molecular weight excluding hydrogens is 354 g/mol. The molecule has 1 aromatic rings. The Balaban J connectivity index is 2.26. The van der Waals surface area contributed by atoms with E-state index in [0.717, 1.165) is 22.7 Å². The van der Waals surface area contributed by atoms with Crippen LogP contribution in [0, 0.1) is 0 Å². The molecule has 9 heteroatoms. The summed E-state index contributed by atoms with van der Waals surface area (Å²) in [6, 6.07) is 2.07. The normalized spacial score (nSPS) is 17.7. The molecule has 7 nitrogen and oxygen atoms in total. The number of aromatic hydroxyl groups is 1. The number of carbonyl (C=O) groups excluding carboxylic acids is 1. The summed E-state index contributed by atoms with van der Waals surface area (Å²) in [4.78, 5) is 11.7. The van der Waals surface area contributed by atoms with Crippen LogP contribution >= 0.6 is 11.6 Å². The molecule has 0 aromatic heterocycles. The lowest BCUT2D eigenvalue weighted by Crippen LogP contribution is -2.37. The zero-order chi connectivity index (χ0) is 18.1. The van der Waals surface area contributed by atoms with Crippen LogP contribution < -0.4 is 10.6 Å². The summed E-state index contributed by atoms with van der Waals surface area (Å²) in [7, 11) is -1.30. The Bertz CT molecular complexity index is 790. The van der Waals surface area contributed by atoms with E-state index >= 15 is 0 Å². The molecular formula is C15H20ClN3O4S. The van der Waals surface area contributed by atoms with Gasteiger partial charge in [0.25, 0.3) is 0 Å². The van der Waals surface area contributed by atoms with Gasteiger partial charge in [0, 0.05) is 14.1 Å². The molecule has 1 unspecified atom stereocenters. The lowest BCUT2D eigenvalue weighted by Gasteiger charge is -2.18. The second-order valence-electron chi connectivity index (χ2n) is 5.74. The van der Waals surface area contributed by atoms with Crippen LogP contribution in [-0.4, -0.2) is 44.0 Å². The third-order valence-electron chi connectivity index (χ3n) is 3.85. The standard InChI is InChI=1S/C15H20ClN3O4S/c1-9-5-4-6-11(9)17-15(21)18-12-8-7-10(16)14(13(12)20)24(22,23)19(2)3/h5,7-8,11,20H,4,6H2,1-3H3,(H2,17,18,21). The van der Waals surface area contributed by atoms with Gasteiger partial charge in [-0.25, -0.2) is 17.5 Å². The number of benzene rings is 1. The SMILES string of the molecule is CC1=CCCC1NC(=O)Nc1ccc(Cl)c(S(=O)(=O)N(C)C)c1O. The fourth-order valence-electron chi connectivity index (χ4n) is 2.43. The molecule has 2 rings (SSSR count). The first-order valence-corrected chi connectivity index (χ1v) is 9.14. The van der Waals surface area contributed by atoms with Gasteiger partial charge < -0.3 is 15.7 Å². The molecule has 1 atom stereocenters. The summed E-state index contributed by atoms with van der Waals surface area (Å²) in [5, 5.41) is 15.4. The molecule has 1 aromatic carbocycles. The lowest BCUT2D eigenvalue weighted by molar-refractivity contribution is 0.249. The smallest absolute Gasteiger partial charge is 0.319 e. The van der Waals surface area contributed by atoms with E-state index in [-0.39, 0.29) is 16.8 Å². The Labute approximate surface area is 146 Å². The molecule has 24 heavy (non-hydrogen) atoms. The van der Waals surface area contributed by atoms with Gasteiger partial charge in [0.1, 0.15) is 4.90 Å². The zero-order valence-corrected chi connectivity index (χ0v) is 15.2. The summed E-state index contributed by atoms with van der Waals surface area (Å²) >= 11 is 5.92. The van der Waals surface area contributed by atoms with Gasteiger partial charge in [0.05, 0.1) is 16.8 Å². The molecule has 1 aliphatic rings. The number of nitrogens with one attached hydrogen (secondary N) is 2. The number of sulfonamides is 1. The van der Waals surface area contributed by atoms with Gasteiger partial charge >= 0.3 is 6.03 Å². The highest BCUT2D eigenvalue weighted by atomic mass is 35.5. The maximum Gasteiger partial charge on any atom is 0.319 e. The van der Waals surface area contributed by atoms with Crippen LogP contribution in [-0.2, 0) is 10.0 Å². The molecule has 0 radical (unpaired) electrons. The van der Waals surface area contributed by atoms with Crippen molar-refractivity contribution in [2.75, 3.05) is 19.4 Å². The number of phenols is 1. The second kappa shape index (κ2) is 7.00. The Morgan fingerprint density at radius 2 is 2.04 bits per heavy atom. The number of carbonyl (C=O) groups is 1. The molecule has 0 fully saturated rings. The number of nitrogens with zero attached hydrogens (tertiary/aromatic N) is 1. The van der Waals surface area contributed by atoms with Crippen LogP contribution in [0.5, 0.6) is 5.75 Å². The van der Waals surface area contributed by atoms with Gasteiger partial charge in [0.15, 0.2) is 5.75 Å². The summed E-state index contributed by atoms with van der Waals surface area (Å²) in [6.07, 6.45) is 3.76. The molecule has 132 valence electrons. The summed E-state index contributed by atoms with van der Waals surface area (Å²) in [5.41, 5.74) is 1.04. The third-order valence-corrected chi connectivity index (χ3v) is 6.16. The van der Waals surface area contributed by atoms with E-state index in [1.165, 1.54) is 26.2 Å². The second-order valence-corrected chi connectivity index (χ2v) is 8.23. The van der Waals surface area contributed by atoms with Crippen molar-refractivity contribution >= 4 is 33.3 Å². The largest absolute Gasteiger partial charge is 0.504 e. The summed E-state index contributed by atoms with van der Waals surface area (Å²) in [6.45, 7) is 1.93. The van der Waals surface area contributed by atoms with Gasteiger partial charge in [-0.15, -0.1) is 0 Å². The molecule has 2 amide bonds. The number of hydrogen-bond donors (Lipinski definition) is 3. The Hall–Kier alpha value is -1.77. The van der Waals surface area contributed by atoms with Gasteiger partial charge in [-0.3, -0.25) is 0 Å². The number of phenolic OH excluding ortho intramolecular Hbond substituents is 1. The zero-order valence-electron chi connectivity index (χ0n) is 13.6. The number of halogens is 1. The minimum absolute atomic E-state index is 0.0306. The van der Waals surface area contributed by atoms with Crippen molar-refractivity contribution < 1.29 is 18.3 Å². The predicted octanol–water partition coefficient (Wildman–Crippen LogP) is 2.53. The number of allylic oxidation sites excluding steroid dienone is 1. The fraction of sp³-hybridized carbons (Fsp3) is 0.400. The lowest BCUT2D eigenvalue weighted by atomic mass is 10.2. The number of urea groups is 1. The van der Waals surface area contributed by atoms with E-state index in [9.17, 15) is 18.3 Å². The van der Waals surface area contributed by atoms with Gasteiger partial charge in [-0.2, -0.15) is 0 Å². The highest BCUT2D eigenvalue weighted by Gasteiger charge is 2.27. The maximum absolute atomic E-state index is 12.3. The van der Waals surface area contributed by atoms with Crippen LogP contribution in [0.15, 0.2) is 28.7 Å². The maximum atomic E-state index is 12.3. The van der Waals surface area contributed by atoms with E-state index < -0.39 is 26.7 Å². The fourth-order valence-corrected chi connectivity index (χ4v) is 3.90. The highest BCUT2D eigenvalue weighted by Crippen LogP contribution is 2.37. The van der Waals surface area contributed by atoms with Crippen LogP contribution in [0.1, 0.15) is 19.8 Å². The number of rotatable bonds is 4. The average Bonchev–Trinajstić information content (AvgIpc) is 2.87. The van der Waals surface area contributed by atoms with E-state index in [1.54, 1.807) is 0 Å². The Morgan fingerprint density at radius 3 is 2.58 bits per heavy atom. The Kier molecular flexibility index (Phi) is 5.42. The first-order chi connectivity index (χ1) is 11.1. The van der Waals surface area contributed by atoms with Crippen LogP contribution in [0.3, 0.4) is 0 Å². The van der Waals surface area contributed by atoms with Crippen LogP contribution in [0.4, 0.5) is 10.5 Å². The summed E-state index contributed by atoms with van der Waals surface area (Å²) in [5.74, 6) is -0.593. The predicted molar refractivity (Wildman–Crippen MR) is 92.9 cm³/mol. The molecule has 0 spiro atoms. The van der Waals surface area contributed by atoms with Gasteiger partial charge in [-0.05, 0) is 31.9 Å². The van der Waals surface area contributed by atoms with Crippen molar-refractivity contribution in [3.8, 4) is 5.75 Å². The number of anilines is 1. The molecule has 3 N–H and O–H groups in total. The van der Waals surface area contributed by atoms with Crippen molar-refractivity contribution in [1.29, 1.82) is 0 Å². The van der Waals surface area contributed by atoms with Crippen LogP contribution in [0.25, 0.3) is 0 Å². The number of hydrogen-bond acceptors (Lipinski definition) is 4.